The molecule has 11 heteroatoms. The van der Waals surface area contributed by atoms with Crippen LogP contribution >= 0.6 is 0 Å². The lowest BCUT2D eigenvalue weighted by Crippen LogP contribution is -2.55. The van der Waals surface area contributed by atoms with Crippen LogP contribution in [0.25, 0.3) is 0 Å². The average Bonchev–Trinajstić information content (AvgIpc) is 3.05. The molecule has 0 radical (unpaired) electrons. The molecule has 11 nitrogen and oxygen atoms in total. The number of ether oxygens (including phenoxy) is 3. The minimum absolute atomic E-state index is 0.00563. The van der Waals surface area contributed by atoms with Crippen LogP contribution < -0.4 is 10.1 Å². The molecule has 0 aromatic heterocycles. The Bertz CT molecular complexity index is 1120. The van der Waals surface area contributed by atoms with E-state index in [4.69, 9.17) is 14.2 Å². The smallest absolute Gasteiger partial charge is 0.337 e. The number of carbonyl (C=O) groups excluding carboxylic acids is 2. The third kappa shape index (κ3) is 16.1. The Hall–Kier alpha value is -3.44. The van der Waals surface area contributed by atoms with Crippen LogP contribution in [0.2, 0.25) is 0 Å². The maximum atomic E-state index is 13.5. The molecule has 1 rings (SSSR count). The number of unbranched alkanes of at least 4 members (excludes halogenated alkanes) is 8. The molecule has 1 amide bonds. The van der Waals surface area contributed by atoms with Gasteiger partial charge in [-0.1, -0.05) is 89.5 Å². The van der Waals surface area contributed by atoms with Crippen LogP contribution in [-0.2, 0) is 35.1 Å². The van der Waals surface area contributed by atoms with Gasteiger partial charge in [-0.25, -0.2) is 9.59 Å². The predicted octanol–water partition coefficient (Wildman–Crippen LogP) is 6.24. The second-order valence-electron chi connectivity index (χ2n) is 12.5. The van der Waals surface area contributed by atoms with Crippen LogP contribution in [0.1, 0.15) is 116 Å². The highest BCUT2D eigenvalue weighted by molar-refractivity contribution is 5.94. The molecule has 272 valence electrons. The number of rotatable bonds is 27. The van der Waals surface area contributed by atoms with Crippen molar-refractivity contribution >= 4 is 23.8 Å². The molecule has 0 spiro atoms. The Balaban J connectivity index is 2.90. The number of hydrogen-bond donors (Lipinski definition) is 4. The van der Waals surface area contributed by atoms with Crippen molar-refractivity contribution in [2.45, 2.75) is 141 Å². The van der Waals surface area contributed by atoms with Crippen molar-refractivity contribution in [3.05, 3.63) is 42.0 Å². The molecule has 4 N–H and O–H groups in total. The number of hydrogen-bond acceptors (Lipinski definition) is 8. The van der Waals surface area contributed by atoms with Crippen LogP contribution in [0.3, 0.4) is 0 Å². The van der Waals surface area contributed by atoms with Crippen LogP contribution in [-0.4, -0.2) is 77.2 Å². The summed E-state index contributed by atoms with van der Waals surface area (Å²) in [6.07, 6.45) is 15.0. The SMILES string of the molecule is CCCCCCCC(CCCCCC/C=C/[C@H](C(=O)N[C@@H](Cc1ccc(OC(C)CC)cc1)C(=O)OC)[C@@](O)(CC(=O)O)C(=O)O)OC. The fourth-order valence-electron chi connectivity index (χ4n) is 5.44. The van der Waals surface area contributed by atoms with Gasteiger partial charge in [0.05, 0.1) is 31.7 Å². The van der Waals surface area contributed by atoms with Crippen LogP contribution in [0, 0.1) is 5.92 Å². The van der Waals surface area contributed by atoms with Gasteiger partial charge in [0, 0.05) is 13.5 Å². The number of nitrogens with one attached hydrogen (secondary N) is 1. The van der Waals surface area contributed by atoms with E-state index < -0.39 is 47.8 Å². The van der Waals surface area contributed by atoms with Gasteiger partial charge >= 0.3 is 17.9 Å². The molecule has 0 aliphatic heterocycles. The Kier molecular flexibility index (Phi) is 21.1. The van der Waals surface area contributed by atoms with Gasteiger partial charge in [-0.2, -0.15) is 0 Å². The summed E-state index contributed by atoms with van der Waals surface area (Å²) in [5.74, 6) is -6.39. The van der Waals surface area contributed by atoms with Gasteiger partial charge in [0.1, 0.15) is 11.8 Å². The molecular weight excluding hydrogens is 618 g/mol. The zero-order valence-corrected chi connectivity index (χ0v) is 29.6. The summed E-state index contributed by atoms with van der Waals surface area (Å²) in [4.78, 5) is 49.9. The summed E-state index contributed by atoms with van der Waals surface area (Å²) in [7, 11) is 2.91. The van der Waals surface area contributed by atoms with Gasteiger partial charge in [-0.3, -0.25) is 9.59 Å². The zero-order chi connectivity index (χ0) is 36.0. The summed E-state index contributed by atoms with van der Waals surface area (Å²) in [6, 6.07) is 5.73. The van der Waals surface area contributed by atoms with E-state index in [1.54, 1.807) is 37.5 Å². The predicted molar refractivity (Wildman–Crippen MR) is 184 cm³/mol. The van der Waals surface area contributed by atoms with Gasteiger partial charge in [0.2, 0.25) is 5.91 Å². The van der Waals surface area contributed by atoms with E-state index in [1.807, 2.05) is 13.8 Å². The number of carbonyl (C=O) groups is 4. The second-order valence-corrected chi connectivity index (χ2v) is 12.5. The van der Waals surface area contributed by atoms with Crippen molar-refractivity contribution < 1.29 is 48.7 Å². The number of benzene rings is 1. The molecule has 0 fully saturated rings. The summed E-state index contributed by atoms with van der Waals surface area (Å²) in [6.45, 7) is 6.15. The third-order valence-electron chi connectivity index (χ3n) is 8.60. The van der Waals surface area contributed by atoms with Gasteiger partial charge in [0.15, 0.2) is 5.60 Å². The number of aliphatic hydroxyl groups is 1. The van der Waals surface area contributed by atoms with Gasteiger partial charge in [-0.05, 0) is 56.7 Å². The van der Waals surface area contributed by atoms with E-state index in [2.05, 4.69) is 12.2 Å². The van der Waals surface area contributed by atoms with E-state index in [1.165, 1.54) is 38.2 Å². The summed E-state index contributed by atoms with van der Waals surface area (Å²) < 4.78 is 16.3. The molecule has 5 atom stereocenters. The van der Waals surface area contributed by atoms with Gasteiger partial charge in [-0.15, -0.1) is 0 Å². The van der Waals surface area contributed by atoms with Crippen LogP contribution in [0.4, 0.5) is 0 Å². The molecule has 0 bridgehead atoms. The topological polar surface area (TPSA) is 169 Å². The van der Waals surface area contributed by atoms with Crippen molar-refractivity contribution in [1.29, 1.82) is 0 Å². The number of aliphatic carboxylic acids is 2. The van der Waals surface area contributed by atoms with Crippen molar-refractivity contribution in [3.8, 4) is 5.75 Å². The van der Waals surface area contributed by atoms with E-state index in [0.717, 1.165) is 52.1 Å². The van der Waals surface area contributed by atoms with Crippen molar-refractivity contribution in [2.24, 2.45) is 5.92 Å². The average molecular weight is 678 g/mol. The monoisotopic (exact) mass is 677 g/mol. The van der Waals surface area contributed by atoms with E-state index in [0.29, 0.717) is 17.7 Å². The molecule has 0 aliphatic rings. The molecule has 48 heavy (non-hydrogen) atoms. The van der Waals surface area contributed by atoms with Gasteiger partial charge < -0.3 is 34.8 Å². The summed E-state index contributed by atoms with van der Waals surface area (Å²) in [5.41, 5.74) is -2.29. The lowest BCUT2D eigenvalue weighted by Gasteiger charge is -2.29. The highest BCUT2D eigenvalue weighted by Crippen LogP contribution is 2.26. The number of carboxylic acids is 2. The Labute approximate surface area is 286 Å². The fraction of sp³-hybridized carbons (Fsp3) is 0.676. The van der Waals surface area contributed by atoms with Crippen LogP contribution in [0.5, 0.6) is 5.75 Å². The van der Waals surface area contributed by atoms with E-state index >= 15 is 0 Å². The fourth-order valence-corrected chi connectivity index (χ4v) is 5.44. The zero-order valence-electron chi connectivity index (χ0n) is 29.6. The lowest BCUT2D eigenvalue weighted by molar-refractivity contribution is -0.172. The number of amides is 1. The highest BCUT2D eigenvalue weighted by Gasteiger charge is 2.49. The Morgan fingerprint density at radius 3 is 2.02 bits per heavy atom. The Morgan fingerprint density at radius 1 is 0.896 bits per heavy atom. The quantitative estimate of drug-likeness (QED) is 0.0475. The molecule has 0 saturated carbocycles. The number of methoxy groups -OCH3 is 2. The first kappa shape index (κ1) is 42.6. The molecule has 1 aromatic rings. The molecule has 2 unspecified atom stereocenters. The second kappa shape index (κ2) is 23.8. The molecular formula is C37H59NO10. The van der Waals surface area contributed by atoms with Crippen LogP contribution in [0.15, 0.2) is 36.4 Å². The normalized spacial score (nSPS) is 15.2. The first-order valence-corrected chi connectivity index (χ1v) is 17.4. The van der Waals surface area contributed by atoms with Gasteiger partial charge in [0.25, 0.3) is 0 Å². The molecule has 0 heterocycles. The maximum Gasteiger partial charge on any atom is 0.337 e. The maximum absolute atomic E-state index is 13.5. The lowest BCUT2D eigenvalue weighted by atomic mass is 9.82. The van der Waals surface area contributed by atoms with E-state index in [-0.39, 0.29) is 18.6 Å². The highest BCUT2D eigenvalue weighted by atomic mass is 16.5. The number of allylic oxidation sites excluding steroid dienone is 1. The largest absolute Gasteiger partial charge is 0.491 e. The summed E-state index contributed by atoms with van der Waals surface area (Å²) in [5, 5.41) is 32.7. The Morgan fingerprint density at radius 2 is 1.50 bits per heavy atom. The third-order valence-corrected chi connectivity index (χ3v) is 8.60. The van der Waals surface area contributed by atoms with Crippen molar-refractivity contribution in [3.63, 3.8) is 0 Å². The first-order valence-electron chi connectivity index (χ1n) is 17.4. The first-order chi connectivity index (χ1) is 22.9. The minimum atomic E-state index is -2.95. The molecule has 0 aliphatic carbocycles. The van der Waals surface area contributed by atoms with Crippen molar-refractivity contribution in [1.82, 2.24) is 5.32 Å². The number of carboxylic acid groups (broad SMARTS) is 2. The molecule has 1 aromatic carbocycles. The summed E-state index contributed by atoms with van der Waals surface area (Å²) >= 11 is 0. The van der Waals surface area contributed by atoms with E-state index in [9.17, 15) is 34.5 Å². The van der Waals surface area contributed by atoms with Crippen molar-refractivity contribution in [2.75, 3.05) is 14.2 Å². The minimum Gasteiger partial charge on any atom is -0.491 e. The number of esters is 1. The standard InChI is InChI=1S/C37H59NO10/c1-6-8-9-12-15-18-29(46-4)19-16-13-10-11-14-17-20-31(37(45,36(43)44)26-33(39)40)34(41)38-32(35(42)47-5)25-28-21-23-30(24-22-28)48-27(3)7-2/h17,20-24,27,29,31-32,45H,6-16,18-19,25-26H2,1-5H3,(H,38,41)(H,39,40)(H,43,44)/b20-17+/t27?,29?,31-,32+,37+/m1/s1. The molecule has 0 saturated heterocycles.